The van der Waals surface area contributed by atoms with Crippen molar-refractivity contribution in [3.63, 3.8) is 0 Å². The fourth-order valence-electron chi connectivity index (χ4n) is 1.58. The second-order valence-corrected chi connectivity index (χ2v) is 6.75. The maximum Gasteiger partial charge on any atom is 0.330 e. The Morgan fingerprint density at radius 3 is 2.42 bits per heavy atom. The van der Waals surface area contributed by atoms with Crippen molar-refractivity contribution in [1.29, 1.82) is 0 Å². The first-order chi connectivity index (χ1) is 8.70. The number of rotatable bonds is 5. The third kappa shape index (κ3) is 3.46. The van der Waals surface area contributed by atoms with E-state index in [1.165, 1.54) is 31.9 Å². The maximum absolute atomic E-state index is 11.9. The molecule has 1 rings (SSSR count). The maximum atomic E-state index is 11.9. The monoisotopic (exact) mass is 309 g/mol. The van der Waals surface area contributed by atoms with Gasteiger partial charge in [-0.25, -0.2) is 17.5 Å². The Balaban J connectivity index is 3.15. The Morgan fingerprint density at radius 1 is 1.32 bits per heavy atom. The van der Waals surface area contributed by atoms with E-state index >= 15 is 0 Å². The van der Waals surface area contributed by atoms with Crippen molar-refractivity contribution in [3.8, 4) is 0 Å². The van der Waals surface area contributed by atoms with Crippen molar-refractivity contribution in [2.75, 3.05) is 18.7 Å². The van der Waals surface area contributed by atoms with Gasteiger partial charge in [-0.15, -0.1) is 11.6 Å². The number of aromatic nitrogens is 2. The van der Waals surface area contributed by atoms with Crippen LogP contribution >= 0.6 is 11.6 Å². The zero-order valence-corrected chi connectivity index (χ0v) is 12.5. The highest BCUT2D eigenvalue weighted by atomic mass is 35.5. The molecule has 1 heterocycles. The summed E-state index contributed by atoms with van der Waals surface area (Å²) in [6, 6.07) is 0. The number of hydrogen-bond acceptors (Lipinski definition) is 4. The summed E-state index contributed by atoms with van der Waals surface area (Å²) in [5.41, 5.74) is -0.735. The molecule has 1 aromatic rings. The van der Waals surface area contributed by atoms with Crippen LogP contribution in [0, 0.1) is 0 Å². The first-order valence-electron chi connectivity index (χ1n) is 5.46. The van der Waals surface area contributed by atoms with Crippen molar-refractivity contribution in [2.24, 2.45) is 14.1 Å². The standard InChI is InChI=1S/C10H16ClN3O4S/c1-12-6-8(9(15)14(3)10(12)16)7-13(2)19(17,18)5-4-11/h6H,4-5,7H2,1-3H3. The minimum Gasteiger partial charge on any atom is -0.303 e. The van der Waals surface area contributed by atoms with Crippen LogP contribution in [0.25, 0.3) is 0 Å². The fourth-order valence-corrected chi connectivity index (χ4v) is 3.01. The van der Waals surface area contributed by atoms with Crippen LogP contribution in [0.2, 0.25) is 0 Å². The molecule has 0 aromatic carbocycles. The largest absolute Gasteiger partial charge is 0.330 e. The summed E-state index contributed by atoms with van der Waals surface area (Å²) in [7, 11) is 0.719. The van der Waals surface area contributed by atoms with Crippen LogP contribution < -0.4 is 11.2 Å². The molecule has 0 fully saturated rings. The third-order valence-corrected chi connectivity index (χ3v) is 4.93. The predicted octanol–water partition coefficient (Wildman–Crippen LogP) is -0.916. The van der Waals surface area contributed by atoms with Gasteiger partial charge in [0.05, 0.1) is 5.75 Å². The average molecular weight is 310 g/mol. The third-order valence-electron chi connectivity index (χ3n) is 2.72. The second kappa shape index (κ2) is 5.89. The van der Waals surface area contributed by atoms with Gasteiger partial charge in [-0.1, -0.05) is 0 Å². The Labute approximate surface area is 116 Å². The van der Waals surface area contributed by atoms with E-state index in [2.05, 4.69) is 0 Å². The molecule has 0 atom stereocenters. The molecule has 1 aromatic heterocycles. The Kier molecular flexibility index (Phi) is 4.94. The van der Waals surface area contributed by atoms with E-state index in [-0.39, 0.29) is 23.7 Å². The second-order valence-electron chi connectivity index (χ2n) is 4.17. The van der Waals surface area contributed by atoms with E-state index < -0.39 is 21.3 Å². The normalized spacial score (nSPS) is 12.1. The zero-order chi connectivity index (χ0) is 14.8. The van der Waals surface area contributed by atoms with Crippen LogP contribution in [-0.4, -0.2) is 40.5 Å². The lowest BCUT2D eigenvalue weighted by Crippen LogP contribution is -2.40. The molecule has 108 valence electrons. The van der Waals surface area contributed by atoms with Gasteiger partial charge in [0.1, 0.15) is 0 Å². The summed E-state index contributed by atoms with van der Waals surface area (Å²) >= 11 is 5.42. The van der Waals surface area contributed by atoms with Gasteiger partial charge in [0.15, 0.2) is 0 Å². The highest BCUT2D eigenvalue weighted by molar-refractivity contribution is 7.89. The van der Waals surface area contributed by atoms with Crippen LogP contribution in [0.4, 0.5) is 0 Å². The lowest BCUT2D eigenvalue weighted by Gasteiger charge is -2.16. The molecule has 0 saturated heterocycles. The van der Waals surface area contributed by atoms with Gasteiger partial charge in [0.2, 0.25) is 10.0 Å². The average Bonchev–Trinajstić information content (AvgIpc) is 2.33. The van der Waals surface area contributed by atoms with E-state index in [0.29, 0.717) is 0 Å². The molecular weight excluding hydrogens is 294 g/mol. The summed E-state index contributed by atoms with van der Waals surface area (Å²) in [5.74, 6) is -0.213. The van der Waals surface area contributed by atoms with E-state index in [1.807, 2.05) is 0 Å². The van der Waals surface area contributed by atoms with Gasteiger partial charge in [0, 0.05) is 45.3 Å². The number of sulfonamides is 1. The lowest BCUT2D eigenvalue weighted by molar-refractivity contribution is 0.461. The highest BCUT2D eigenvalue weighted by Gasteiger charge is 2.19. The van der Waals surface area contributed by atoms with Crippen LogP contribution in [0.1, 0.15) is 5.56 Å². The molecule has 0 radical (unpaired) electrons. The van der Waals surface area contributed by atoms with Gasteiger partial charge < -0.3 is 4.57 Å². The smallest absolute Gasteiger partial charge is 0.303 e. The molecule has 0 amide bonds. The lowest BCUT2D eigenvalue weighted by atomic mass is 10.3. The summed E-state index contributed by atoms with van der Waals surface area (Å²) < 4.78 is 26.7. The van der Waals surface area contributed by atoms with Crippen molar-refractivity contribution in [1.82, 2.24) is 13.4 Å². The van der Waals surface area contributed by atoms with Crippen LogP contribution in [0.3, 0.4) is 0 Å². The molecule has 19 heavy (non-hydrogen) atoms. The molecule has 7 nitrogen and oxygen atoms in total. The Bertz CT molecular complexity index is 677. The van der Waals surface area contributed by atoms with Crippen LogP contribution in [0.5, 0.6) is 0 Å². The Morgan fingerprint density at radius 2 is 1.89 bits per heavy atom. The van der Waals surface area contributed by atoms with Crippen molar-refractivity contribution in [3.05, 3.63) is 32.6 Å². The van der Waals surface area contributed by atoms with E-state index in [0.717, 1.165) is 8.87 Å². The minimum absolute atomic E-state index is 0.0159. The number of halogens is 1. The molecule has 0 aliphatic heterocycles. The summed E-state index contributed by atoms with van der Waals surface area (Å²) in [4.78, 5) is 23.4. The van der Waals surface area contributed by atoms with Crippen molar-refractivity contribution in [2.45, 2.75) is 6.54 Å². The molecule has 0 spiro atoms. The molecule has 9 heteroatoms. The predicted molar refractivity (Wildman–Crippen MR) is 72.9 cm³/mol. The number of alkyl halides is 1. The van der Waals surface area contributed by atoms with E-state index in [1.54, 1.807) is 0 Å². The van der Waals surface area contributed by atoms with Gasteiger partial charge in [0.25, 0.3) is 5.56 Å². The van der Waals surface area contributed by atoms with Crippen molar-refractivity contribution < 1.29 is 8.42 Å². The summed E-state index contributed by atoms with van der Waals surface area (Å²) in [6.45, 7) is -0.0972. The highest BCUT2D eigenvalue weighted by Crippen LogP contribution is 2.04. The number of hydrogen-bond donors (Lipinski definition) is 0. The quantitative estimate of drug-likeness (QED) is 0.659. The molecule has 0 N–H and O–H groups in total. The van der Waals surface area contributed by atoms with Gasteiger partial charge in [-0.05, 0) is 0 Å². The van der Waals surface area contributed by atoms with Crippen LogP contribution in [0.15, 0.2) is 15.8 Å². The first-order valence-corrected chi connectivity index (χ1v) is 7.60. The van der Waals surface area contributed by atoms with Crippen LogP contribution in [-0.2, 0) is 30.7 Å². The van der Waals surface area contributed by atoms with Crippen molar-refractivity contribution >= 4 is 21.6 Å². The minimum atomic E-state index is -3.50. The van der Waals surface area contributed by atoms with Gasteiger partial charge in [-0.2, -0.15) is 0 Å². The summed E-state index contributed by atoms with van der Waals surface area (Å²) in [6.07, 6.45) is 1.34. The molecule has 0 unspecified atom stereocenters. The molecule has 0 saturated carbocycles. The zero-order valence-electron chi connectivity index (χ0n) is 11.0. The molecule has 0 bridgehead atoms. The van der Waals surface area contributed by atoms with E-state index in [9.17, 15) is 18.0 Å². The number of nitrogens with zero attached hydrogens (tertiary/aromatic N) is 3. The Hall–Kier alpha value is -1.12. The van der Waals surface area contributed by atoms with Gasteiger partial charge >= 0.3 is 5.69 Å². The fraction of sp³-hybridized carbons (Fsp3) is 0.600. The topological polar surface area (TPSA) is 81.4 Å². The summed E-state index contributed by atoms with van der Waals surface area (Å²) in [5, 5.41) is 0. The SMILES string of the molecule is CN(Cc1cn(C)c(=O)n(C)c1=O)S(=O)(=O)CCCl. The van der Waals surface area contributed by atoms with E-state index in [4.69, 9.17) is 11.6 Å². The number of aryl methyl sites for hydroxylation is 1. The van der Waals surface area contributed by atoms with Gasteiger partial charge in [-0.3, -0.25) is 9.36 Å². The molecule has 0 aliphatic carbocycles. The first kappa shape index (κ1) is 15.9. The molecular formula is C10H16ClN3O4S. The molecule has 0 aliphatic rings.